The zero-order valence-corrected chi connectivity index (χ0v) is 21.5. The van der Waals surface area contributed by atoms with Gasteiger partial charge in [0.15, 0.2) is 0 Å². The molecule has 0 unspecified atom stereocenters. The number of aliphatic hydroxyl groups is 1. The lowest BCUT2D eigenvalue weighted by Crippen LogP contribution is -2.44. The fourth-order valence-corrected chi connectivity index (χ4v) is 4.22. The Morgan fingerprint density at radius 2 is 1.89 bits per heavy atom. The van der Waals surface area contributed by atoms with Crippen LogP contribution in [0.3, 0.4) is 0 Å². The van der Waals surface area contributed by atoms with E-state index in [1.54, 1.807) is 13.3 Å². The number of aromatic amines is 1. The number of hydrogen-bond donors (Lipinski definition) is 3. The van der Waals surface area contributed by atoms with Crippen LogP contribution in [0.4, 0.5) is 0 Å². The molecular weight excluding hydrogens is 472 g/mol. The van der Waals surface area contributed by atoms with E-state index in [2.05, 4.69) is 39.6 Å². The van der Waals surface area contributed by atoms with Crippen molar-refractivity contribution in [2.75, 3.05) is 7.11 Å². The molecule has 0 fully saturated rings. The molecule has 1 amide bonds. The summed E-state index contributed by atoms with van der Waals surface area (Å²) in [6.45, 7) is 3.16. The molecule has 6 rings (SSSR count). The van der Waals surface area contributed by atoms with E-state index >= 15 is 0 Å². The summed E-state index contributed by atoms with van der Waals surface area (Å²) in [5.41, 5.74) is 5.35. The number of methoxy groups -OCH3 is 1. The van der Waals surface area contributed by atoms with Gasteiger partial charge >= 0.3 is 0 Å². The van der Waals surface area contributed by atoms with E-state index < -0.39 is 5.72 Å². The number of rotatable bonds is 5. The number of nitrogens with one attached hydrogen (secondary N) is 2. The number of pyridine rings is 1. The Kier molecular flexibility index (Phi) is 7.10. The van der Waals surface area contributed by atoms with E-state index in [-0.39, 0.29) is 25.9 Å². The minimum Gasteiger partial charge on any atom is -0.497 e. The summed E-state index contributed by atoms with van der Waals surface area (Å²) < 4.78 is 7.25. The van der Waals surface area contributed by atoms with E-state index in [4.69, 9.17) is 4.74 Å². The molecule has 0 aliphatic heterocycles. The standard InChI is InChI=1S/C21H22N4O3.C7H6.H2S/c1-21(2,27)24-19(26)12-25-11-16(15-10-14(28-3)6-7-18(15)25)17-9-13-5-4-8-22-20(13)23-17;1-2-4-7-5-6(7)3-1;/h4-11,27H,12H2,1-3H3,(H,22,23)(H,24,26);1-4H,5H2;1H2. The van der Waals surface area contributed by atoms with Gasteiger partial charge in [0, 0.05) is 39.9 Å². The van der Waals surface area contributed by atoms with E-state index in [9.17, 15) is 9.90 Å². The highest BCUT2D eigenvalue weighted by atomic mass is 32.1. The molecular formula is C28H30N4O3S. The smallest absolute Gasteiger partial charge is 0.242 e. The lowest BCUT2D eigenvalue weighted by Gasteiger charge is -2.19. The lowest BCUT2D eigenvalue weighted by atomic mass is 10.1. The maximum Gasteiger partial charge on any atom is 0.242 e. The summed E-state index contributed by atoms with van der Waals surface area (Å²) in [5.74, 6) is 0.465. The molecule has 0 saturated heterocycles. The predicted octanol–water partition coefficient (Wildman–Crippen LogP) is 4.74. The van der Waals surface area contributed by atoms with Crippen LogP contribution in [0, 0.1) is 0 Å². The van der Waals surface area contributed by atoms with Gasteiger partial charge in [-0.1, -0.05) is 24.3 Å². The van der Waals surface area contributed by atoms with Gasteiger partial charge in [-0.05, 0) is 67.8 Å². The van der Waals surface area contributed by atoms with Gasteiger partial charge in [0.25, 0.3) is 0 Å². The number of hydrogen-bond acceptors (Lipinski definition) is 4. The highest BCUT2D eigenvalue weighted by molar-refractivity contribution is 7.59. The van der Waals surface area contributed by atoms with Crippen molar-refractivity contribution in [1.29, 1.82) is 0 Å². The van der Waals surface area contributed by atoms with Crippen molar-refractivity contribution in [3.63, 3.8) is 0 Å². The third-order valence-electron chi connectivity index (χ3n) is 5.90. The first-order valence-corrected chi connectivity index (χ1v) is 11.5. The number of ether oxygens (including phenoxy) is 1. The molecule has 0 radical (unpaired) electrons. The fraction of sp³-hybridized carbons (Fsp3) is 0.214. The molecule has 1 aliphatic rings. The Balaban J connectivity index is 0.000000324. The Labute approximate surface area is 216 Å². The van der Waals surface area contributed by atoms with Gasteiger partial charge in [0.05, 0.1) is 7.11 Å². The molecule has 3 aromatic heterocycles. The first kappa shape index (κ1) is 25.3. The van der Waals surface area contributed by atoms with Crippen LogP contribution in [0.5, 0.6) is 5.75 Å². The van der Waals surface area contributed by atoms with Gasteiger partial charge in [0.1, 0.15) is 23.7 Å². The first-order chi connectivity index (χ1) is 16.8. The molecule has 8 heteroatoms. The Hall–Kier alpha value is -3.75. The summed E-state index contributed by atoms with van der Waals surface area (Å²) in [4.78, 5) is 20.0. The maximum atomic E-state index is 12.3. The van der Waals surface area contributed by atoms with Crippen molar-refractivity contribution in [1.82, 2.24) is 19.9 Å². The maximum absolute atomic E-state index is 12.3. The average molecular weight is 503 g/mol. The van der Waals surface area contributed by atoms with Crippen LogP contribution in [0.25, 0.3) is 33.2 Å². The Morgan fingerprint density at radius 1 is 1.14 bits per heavy atom. The van der Waals surface area contributed by atoms with Crippen LogP contribution >= 0.6 is 13.5 Å². The minimum absolute atomic E-state index is 0. The van der Waals surface area contributed by atoms with Crippen LogP contribution in [-0.2, 0) is 17.8 Å². The molecule has 2 aromatic carbocycles. The number of fused-ring (bicyclic) bond motifs is 3. The number of carbonyl (C=O) groups is 1. The first-order valence-electron chi connectivity index (χ1n) is 11.5. The monoisotopic (exact) mass is 502 g/mol. The quantitative estimate of drug-likeness (QED) is 0.297. The second-order valence-corrected chi connectivity index (χ2v) is 9.23. The van der Waals surface area contributed by atoms with E-state index in [0.717, 1.165) is 38.9 Å². The highest BCUT2D eigenvalue weighted by Gasteiger charge is 2.19. The topological polar surface area (TPSA) is 92.2 Å². The van der Waals surface area contributed by atoms with E-state index in [1.165, 1.54) is 31.4 Å². The summed E-state index contributed by atoms with van der Waals surface area (Å²) in [6, 6.07) is 20.2. The normalized spacial score (nSPS) is 11.8. The predicted molar refractivity (Wildman–Crippen MR) is 148 cm³/mol. The molecule has 7 nitrogen and oxygen atoms in total. The summed E-state index contributed by atoms with van der Waals surface area (Å²) >= 11 is 0. The molecule has 3 heterocycles. The van der Waals surface area contributed by atoms with Gasteiger partial charge in [0.2, 0.25) is 5.91 Å². The summed E-state index contributed by atoms with van der Waals surface area (Å²) in [7, 11) is 1.63. The largest absolute Gasteiger partial charge is 0.497 e. The van der Waals surface area contributed by atoms with Crippen LogP contribution < -0.4 is 10.1 Å². The van der Waals surface area contributed by atoms with Crippen molar-refractivity contribution >= 4 is 41.3 Å². The van der Waals surface area contributed by atoms with Crippen molar-refractivity contribution < 1.29 is 14.6 Å². The number of H-pyrrole nitrogens is 1. The molecule has 0 atom stereocenters. The SMILES string of the molecule is COc1ccc2c(c1)c(-c1cc3cccnc3[nH]1)cn2CC(=O)NC(C)(C)O.S.c1ccc2c(c1)C2. The molecule has 0 saturated carbocycles. The van der Waals surface area contributed by atoms with Crippen molar-refractivity contribution in [2.24, 2.45) is 0 Å². The molecule has 3 N–H and O–H groups in total. The van der Waals surface area contributed by atoms with Crippen molar-refractivity contribution in [3.05, 3.63) is 84.2 Å². The zero-order chi connectivity index (χ0) is 24.6. The molecule has 5 aromatic rings. The zero-order valence-electron chi connectivity index (χ0n) is 20.5. The van der Waals surface area contributed by atoms with Gasteiger partial charge in [-0.25, -0.2) is 4.98 Å². The number of carbonyl (C=O) groups excluding carboxylic acids is 1. The second-order valence-electron chi connectivity index (χ2n) is 9.23. The van der Waals surface area contributed by atoms with Gasteiger partial charge in [-0.15, -0.1) is 0 Å². The van der Waals surface area contributed by atoms with Crippen LogP contribution in [0.1, 0.15) is 25.0 Å². The molecule has 0 bridgehead atoms. The Bertz CT molecular complexity index is 1480. The summed E-state index contributed by atoms with van der Waals surface area (Å²) in [6.07, 6.45) is 4.92. The van der Waals surface area contributed by atoms with Crippen molar-refractivity contribution in [2.45, 2.75) is 32.5 Å². The average Bonchev–Trinajstić information content (AvgIpc) is 3.36. The molecule has 36 heavy (non-hydrogen) atoms. The second kappa shape index (κ2) is 10.1. The van der Waals surface area contributed by atoms with Crippen molar-refractivity contribution in [3.8, 4) is 17.0 Å². The van der Waals surface area contributed by atoms with Crippen LogP contribution in [0.15, 0.2) is 73.1 Å². The van der Waals surface area contributed by atoms with E-state index in [0.29, 0.717) is 0 Å². The van der Waals surface area contributed by atoms with Gasteiger partial charge < -0.3 is 24.7 Å². The number of aromatic nitrogens is 3. The summed E-state index contributed by atoms with van der Waals surface area (Å²) in [5, 5.41) is 14.4. The van der Waals surface area contributed by atoms with Gasteiger partial charge in [-0.3, -0.25) is 4.79 Å². The lowest BCUT2D eigenvalue weighted by molar-refractivity contribution is -0.127. The molecule has 0 spiro atoms. The van der Waals surface area contributed by atoms with Crippen LogP contribution in [0.2, 0.25) is 0 Å². The molecule has 1 aliphatic carbocycles. The van der Waals surface area contributed by atoms with Crippen LogP contribution in [-0.4, -0.2) is 38.4 Å². The fourth-order valence-electron chi connectivity index (χ4n) is 4.22. The minimum atomic E-state index is -1.27. The number of benzene rings is 2. The number of amides is 1. The third kappa shape index (κ3) is 5.56. The number of nitrogens with zero attached hydrogens (tertiary/aromatic N) is 2. The Morgan fingerprint density at radius 3 is 2.53 bits per heavy atom. The highest BCUT2D eigenvalue weighted by Crippen LogP contribution is 2.34. The van der Waals surface area contributed by atoms with E-state index in [1.807, 2.05) is 47.2 Å². The van der Waals surface area contributed by atoms with Gasteiger partial charge in [-0.2, -0.15) is 13.5 Å². The third-order valence-corrected chi connectivity index (χ3v) is 5.90. The molecule has 186 valence electrons.